The number of ether oxygens (including phenoxy) is 2. The van der Waals surface area contributed by atoms with Gasteiger partial charge in [0.1, 0.15) is 11.9 Å². The van der Waals surface area contributed by atoms with Gasteiger partial charge in [0.15, 0.2) is 0 Å². The van der Waals surface area contributed by atoms with Gasteiger partial charge in [-0.3, -0.25) is 0 Å². The lowest BCUT2D eigenvalue weighted by atomic mass is 9.79. The number of rotatable bonds is 2. The van der Waals surface area contributed by atoms with Crippen molar-refractivity contribution in [3.05, 3.63) is 46.7 Å². The van der Waals surface area contributed by atoms with E-state index in [4.69, 9.17) is 9.47 Å². The van der Waals surface area contributed by atoms with Gasteiger partial charge in [0, 0.05) is 5.92 Å². The Labute approximate surface area is 113 Å². The fourth-order valence-corrected chi connectivity index (χ4v) is 3.18. The first-order valence-electron chi connectivity index (χ1n) is 6.84. The van der Waals surface area contributed by atoms with E-state index >= 15 is 0 Å². The third-order valence-corrected chi connectivity index (χ3v) is 4.00. The minimum absolute atomic E-state index is 0.00986. The zero-order valence-electron chi connectivity index (χ0n) is 11.3. The molecule has 0 saturated carbocycles. The number of benzene rings is 1. The molecule has 0 radical (unpaired) electrons. The Morgan fingerprint density at radius 2 is 2.21 bits per heavy atom. The summed E-state index contributed by atoms with van der Waals surface area (Å²) >= 11 is 0. The molecule has 19 heavy (non-hydrogen) atoms. The molecule has 100 valence electrons. The zero-order valence-corrected chi connectivity index (χ0v) is 11.3. The van der Waals surface area contributed by atoms with Crippen LogP contribution in [0, 0.1) is 5.92 Å². The number of hydrogen-bond donors (Lipinski definition) is 0. The van der Waals surface area contributed by atoms with Crippen molar-refractivity contribution in [2.45, 2.75) is 32.8 Å². The molecule has 0 fully saturated rings. The van der Waals surface area contributed by atoms with Crippen LogP contribution in [0.4, 0.5) is 0 Å². The number of esters is 1. The molecule has 1 heterocycles. The molecule has 3 rings (SSSR count). The van der Waals surface area contributed by atoms with Crippen molar-refractivity contribution < 1.29 is 14.3 Å². The van der Waals surface area contributed by atoms with Crippen LogP contribution in [0.1, 0.15) is 37.5 Å². The second-order valence-electron chi connectivity index (χ2n) is 5.07. The molecular weight excluding hydrogens is 240 g/mol. The molecular formula is C16H18O3. The van der Waals surface area contributed by atoms with Crippen LogP contribution in [0.15, 0.2) is 35.6 Å². The molecule has 2 unspecified atom stereocenters. The monoisotopic (exact) mass is 258 g/mol. The number of allylic oxidation sites excluding steroid dienone is 1. The molecule has 1 aromatic carbocycles. The van der Waals surface area contributed by atoms with E-state index in [0.717, 1.165) is 24.2 Å². The fourth-order valence-electron chi connectivity index (χ4n) is 3.18. The second-order valence-corrected chi connectivity index (χ2v) is 5.07. The van der Waals surface area contributed by atoms with Crippen molar-refractivity contribution in [1.82, 2.24) is 0 Å². The highest BCUT2D eigenvalue weighted by Gasteiger charge is 2.42. The van der Waals surface area contributed by atoms with Crippen LogP contribution >= 0.6 is 0 Å². The summed E-state index contributed by atoms with van der Waals surface area (Å²) in [6.45, 7) is 4.11. The lowest BCUT2D eigenvalue weighted by Crippen LogP contribution is -2.23. The Morgan fingerprint density at radius 3 is 3.00 bits per heavy atom. The number of hydrogen-bond acceptors (Lipinski definition) is 3. The molecule has 3 heteroatoms. The SMILES string of the molecule is CCOC(=O)C1=C(C)OC2c3ccccc3CCC12. The van der Waals surface area contributed by atoms with E-state index in [9.17, 15) is 4.79 Å². The molecule has 1 aliphatic carbocycles. The topological polar surface area (TPSA) is 35.5 Å². The standard InChI is InChI=1S/C16H18O3/c1-3-18-16(17)14-10(2)19-15-12-7-5-4-6-11(12)8-9-13(14)15/h4-7,13,15H,3,8-9H2,1-2H3. The highest BCUT2D eigenvalue weighted by molar-refractivity contribution is 5.90. The Kier molecular flexibility index (Phi) is 3.05. The summed E-state index contributed by atoms with van der Waals surface area (Å²) in [5.74, 6) is 0.658. The third-order valence-electron chi connectivity index (χ3n) is 4.00. The van der Waals surface area contributed by atoms with Gasteiger partial charge in [-0.15, -0.1) is 0 Å². The Hall–Kier alpha value is -1.77. The van der Waals surface area contributed by atoms with Crippen molar-refractivity contribution in [2.75, 3.05) is 6.61 Å². The average molecular weight is 258 g/mol. The lowest BCUT2D eigenvalue weighted by molar-refractivity contribution is -0.139. The molecule has 2 aliphatic rings. The van der Waals surface area contributed by atoms with E-state index in [1.165, 1.54) is 11.1 Å². The highest BCUT2D eigenvalue weighted by atomic mass is 16.5. The maximum absolute atomic E-state index is 12.1. The summed E-state index contributed by atoms with van der Waals surface area (Å²) in [6, 6.07) is 8.34. The van der Waals surface area contributed by atoms with Crippen LogP contribution in [-0.2, 0) is 20.7 Å². The van der Waals surface area contributed by atoms with Crippen molar-refractivity contribution in [1.29, 1.82) is 0 Å². The molecule has 0 aromatic heterocycles. The van der Waals surface area contributed by atoms with Crippen LogP contribution in [0.2, 0.25) is 0 Å². The minimum atomic E-state index is -0.216. The van der Waals surface area contributed by atoms with Gasteiger partial charge in [-0.2, -0.15) is 0 Å². The fraction of sp³-hybridized carbons (Fsp3) is 0.438. The average Bonchev–Trinajstić information content (AvgIpc) is 2.75. The van der Waals surface area contributed by atoms with Gasteiger partial charge in [0.2, 0.25) is 0 Å². The summed E-state index contributed by atoms with van der Waals surface area (Å²) < 4.78 is 11.1. The van der Waals surface area contributed by atoms with Crippen LogP contribution < -0.4 is 0 Å². The summed E-state index contributed by atoms with van der Waals surface area (Å²) in [5.41, 5.74) is 3.29. The summed E-state index contributed by atoms with van der Waals surface area (Å²) in [5, 5.41) is 0. The molecule has 0 amide bonds. The largest absolute Gasteiger partial charge is 0.489 e. The molecule has 0 spiro atoms. The number of carbonyl (C=O) groups is 1. The molecule has 3 nitrogen and oxygen atoms in total. The predicted octanol–water partition coefficient (Wildman–Crippen LogP) is 3.16. The first kappa shape index (κ1) is 12.3. The van der Waals surface area contributed by atoms with Gasteiger partial charge in [0.05, 0.1) is 12.2 Å². The molecule has 2 atom stereocenters. The Balaban J connectivity index is 1.93. The van der Waals surface area contributed by atoms with E-state index < -0.39 is 0 Å². The van der Waals surface area contributed by atoms with Gasteiger partial charge >= 0.3 is 5.97 Å². The molecule has 0 N–H and O–H groups in total. The third kappa shape index (κ3) is 1.93. The van der Waals surface area contributed by atoms with Crippen molar-refractivity contribution >= 4 is 5.97 Å². The van der Waals surface area contributed by atoms with Crippen LogP contribution in [0.5, 0.6) is 0 Å². The van der Waals surface area contributed by atoms with Gasteiger partial charge in [-0.05, 0) is 37.8 Å². The van der Waals surface area contributed by atoms with E-state index in [0.29, 0.717) is 6.61 Å². The Morgan fingerprint density at radius 1 is 1.42 bits per heavy atom. The second kappa shape index (κ2) is 4.72. The number of aryl methyl sites for hydroxylation is 1. The zero-order chi connectivity index (χ0) is 13.4. The normalized spacial score (nSPS) is 24.5. The van der Waals surface area contributed by atoms with E-state index in [-0.39, 0.29) is 18.0 Å². The van der Waals surface area contributed by atoms with E-state index in [2.05, 4.69) is 18.2 Å². The number of carbonyl (C=O) groups excluding carboxylic acids is 1. The quantitative estimate of drug-likeness (QED) is 0.764. The number of fused-ring (bicyclic) bond motifs is 3. The van der Waals surface area contributed by atoms with Gasteiger partial charge in [-0.1, -0.05) is 24.3 Å². The van der Waals surface area contributed by atoms with E-state index in [1.54, 1.807) is 0 Å². The molecule has 0 bridgehead atoms. The maximum atomic E-state index is 12.1. The molecule has 1 aliphatic heterocycles. The smallest absolute Gasteiger partial charge is 0.337 e. The van der Waals surface area contributed by atoms with Crippen molar-refractivity contribution in [3.63, 3.8) is 0 Å². The first-order chi connectivity index (χ1) is 9.22. The van der Waals surface area contributed by atoms with Gasteiger partial charge in [0.25, 0.3) is 0 Å². The van der Waals surface area contributed by atoms with E-state index in [1.807, 2.05) is 19.9 Å². The van der Waals surface area contributed by atoms with Crippen LogP contribution in [0.25, 0.3) is 0 Å². The maximum Gasteiger partial charge on any atom is 0.337 e. The first-order valence-corrected chi connectivity index (χ1v) is 6.84. The summed E-state index contributed by atoms with van der Waals surface area (Å²) in [7, 11) is 0. The van der Waals surface area contributed by atoms with Crippen molar-refractivity contribution in [2.24, 2.45) is 5.92 Å². The molecule has 0 saturated heterocycles. The predicted molar refractivity (Wildman–Crippen MR) is 71.4 cm³/mol. The lowest BCUT2D eigenvalue weighted by Gasteiger charge is -2.28. The van der Waals surface area contributed by atoms with Crippen LogP contribution in [0.3, 0.4) is 0 Å². The molecule has 1 aromatic rings. The summed E-state index contributed by atoms with van der Waals surface area (Å²) in [6.07, 6.45) is 1.94. The Bertz CT molecular complexity index is 545. The minimum Gasteiger partial charge on any atom is -0.489 e. The van der Waals surface area contributed by atoms with Crippen molar-refractivity contribution in [3.8, 4) is 0 Å². The summed E-state index contributed by atoms with van der Waals surface area (Å²) in [4.78, 5) is 12.1. The highest BCUT2D eigenvalue weighted by Crippen LogP contribution is 2.47. The van der Waals surface area contributed by atoms with Crippen LogP contribution in [-0.4, -0.2) is 12.6 Å². The van der Waals surface area contributed by atoms with Gasteiger partial charge in [-0.25, -0.2) is 4.79 Å². The van der Waals surface area contributed by atoms with Gasteiger partial charge < -0.3 is 9.47 Å².